The normalized spacial score (nSPS) is 19.0. The molecule has 2 aromatic carbocycles. The van der Waals surface area contributed by atoms with Gasteiger partial charge in [-0.15, -0.1) is 0 Å². The summed E-state index contributed by atoms with van der Waals surface area (Å²) in [5.41, 5.74) is -2.09. The maximum absolute atomic E-state index is 15.5. The van der Waals surface area contributed by atoms with E-state index in [0.29, 0.717) is 28.4 Å². The Balaban J connectivity index is 1.40. The molecule has 62 heavy (non-hydrogen) atoms. The summed E-state index contributed by atoms with van der Waals surface area (Å²) in [5, 5.41) is 11.1. The number of amides is 2. The monoisotopic (exact) mass is 904 g/mol. The van der Waals surface area contributed by atoms with Gasteiger partial charge in [-0.1, -0.05) is 30.5 Å². The number of fused-ring (bicyclic) bond motifs is 2. The van der Waals surface area contributed by atoms with Crippen LogP contribution in [0.3, 0.4) is 0 Å². The Bertz CT molecular complexity index is 2790. The number of halogens is 7. The van der Waals surface area contributed by atoms with Gasteiger partial charge in [0.25, 0.3) is 12.3 Å². The molecule has 3 atom stereocenters. The molecule has 2 N–H and O–H groups in total. The SMILES string of the molecule is CC(=O)N1CCO[C@](C)(C#Cc2ccc(-c3ccc(Cl)c4c(NS(C)(=O)=O)nn(C)c34)c([C@H](Cc3cc(F)cc(F)c3)NC(=O)Cn3nc(C(F)F)c4c3C(F)(F)[C@H](C)C4)n2)C1. The lowest BCUT2D eigenvalue weighted by atomic mass is 9.93. The summed E-state index contributed by atoms with van der Waals surface area (Å²) >= 11 is 6.63. The summed E-state index contributed by atoms with van der Waals surface area (Å²) in [5.74, 6) is -2.11. The predicted molar refractivity (Wildman–Crippen MR) is 216 cm³/mol. The number of benzene rings is 2. The molecule has 3 aromatic heterocycles. The summed E-state index contributed by atoms with van der Waals surface area (Å²) in [6, 6.07) is 7.52. The van der Waals surface area contributed by atoms with E-state index in [1.807, 2.05) is 0 Å². The van der Waals surface area contributed by atoms with E-state index in [1.54, 1.807) is 24.0 Å². The molecule has 13 nitrogen and oxygen atoms in total. The molecular weight excluding hydrogens is 866 g/mol. The van der Waals surface area contributed by atoms with Gasteiger partial charge in [-0.05, 0) is 61.6 Å². The van der Waals surface area contributed by atoms with Gasteiger partial charge in [0, 0.05) is 49.2 Å². The highest BCUT2D eigenvalue weighted by atomic mass is 35.5. The van der Waals surface area contributed by atoms with Gasteiger partial charge < -0.3 is 15.0 Å². The Kier molecular flexibility index (Phi) is 11.9. The zero-order valence-corrected chi connectivity index (χ0v) is 35.4. The minimum Gasteiger partial charge on any atom is -0.359 e. The first-order valence-electron chi connectivity index (χ1n) is 19.1. The Morgan fingerprint density at radius 1 is 1.06 bits per heavy atom. The molecule has 0 unspecified atom stereocenters. The summed E-state index contributed by atoms with van der Waals surface area (Å²) in [7, 11) is -2.33. The summed E-state index contributed by atoms with van der Waals surface area (Å²) in [6.45, 7) is 4.07. The van der Waals surface area contributed by atoms with Crippen molar-refractivity contribution >= 4 is 50.2 Å². The molecule has 328 valence electrons. The lowest BCUT2D eigenvalue weighted by molar-refractivity contribution is -0.139. The zero-order chi connectivity index (χ0) is 45.1. The number of morpholine rings is 1. The van der Waals surface area contributed by atoms with Crippen molar-refractivity contribution in [3.05, 3.63) is 93.0 Å². The lowest BCUT2D eigenvalue weighted by Crippen LogP contribution is -2.50. The van der Waals surface area contributed by atoms with Crippen LogP contribution in [-0.2, 0) is 56.7 Å². The highest BCUT2D eigenvalue weighted by Crippen LogP contribution is 2.48. The van der Waals surface area contributed by atoms with Crippen molar-refractivity contribution in [1.29, 1.82) is 0 Å². The lowest BCUT2D eigenvalue weighted by Gasteiger charge is -2.36. The van der Waals surface area contributed by atoms with Gasteiger partial charge in [0.05, 0.1) is 47.1 Å². The molecule has 2 amide bonds. The van der Waals surface area contributed by atoms with Crippen LogP contribution in [0.25, 0.3) is 22.0 Å². The maximum Gasteiger partial charge on any atom is 0.292 e. The van der Waals surface area contributed by atoms with Crippen molar-refractivity contribution in [1.82, 2.24) is 34.8 Å². The number of aromatic nitrogens is 5. The molecule has 1 fully saturated rings. The van der Waals surface area contributed by atoms with Crippen LogP contribution in [0.4, 0.5) is 32.2 Å². The zero-order valence-electron chi connectivity index (χ0n) is 33.8. The van der Waals surface area contributed by atoms with Crippen LogP contribution >= 0.6 is 11.6 Å². The third-order valence-corrected chi connectivity index (χ3v) is 11.5. The quantitative estimate of drug-likeness (QED) is 0.120. The first-order chi connectivity index (χ1) is 29.0. The molecule has 21 heteroatoms. The molecule has 2 aliphatic rings. The van der Waals surface area contributed by atoms with Crippen LogP contribution < -0.4 is 10.0 Å². The van der Waals surface area contributed by atoms with Gasteiger partial charge in [-0.25, -0.2) is 31.0 Å². The van der Waals surface area contributed by atoms with Gasteiger partial charge in [-0.3, -0.25) is 23.7 Å². The largest absolute Gasteiger partial charge is 0.359 e. The van der Waals surface area contributed by atoms with Crippen molar-refractivity contribution in [2.45, 2.75) is 64.1 Å². The smallest absolute Gasteiger partial charge is 0.292 e. The molecule has 0 bridgehead atoms. The van der Waals surface area contributed by atoms with Gasteiger partial charge >= 0.3 is 0 Å². The number of alkyl halides is 4. The van der Waals surface area contributed by atoms with Gasteiger partial charge in [0.15, 0.2) is 5.82 Å². The number of rotatable bonds is 10. The van der Waals surface area contributed by atoms with Gasteiger partial charge in [-0.2, -0.15) is 19.0 Å². The van der Waals surface area contributed by atoms with Crippen molar-refractivity contribution < 1.29 is 49.1 Å². The Hall–Kier alpha value is -5.65. The predicted octanol–water partition coefficient (Wildman–Crippen LogP) is 6.45. The number of sulfonamides is 1. The highest BCUT2D eigenvalue weighted by molar-refractivity contribution is 7.92. The third-order valence-electron chi connectivity index (χ3n) is 10.7. The molecule has 1 aliphatic carbocycles. The molecule has 1 saturated heterocycles. The summed E-state index contributed by atoms with van der Waals surface area (Å²) in [6.07, 6.45) is -3.02. The maximum atomic E-state index is 15.5. The van der Waals surface area contributed by atoms with E-state index in [9.17, 15) is 35.6 Å². The van der Waals surface area contributed by atoms with Crippen molar-refractivity contribution in [2.24, 2.45) is 13.0 Å². The van der Waals surface area contributed by atoms with E-state index in [4.69, 9.17) is 21.3 Å². The minimum absolute atomic E-state index is 0.0234. The molecule has 0 spiro atoms. The van der Waals surface area contributed by atoms with Gasteiger partial charge in [0.1, 0.15) is 40.9 Å². The molecule has 7 rings (SSSR count). The Labute approximate surface area is 356 Å². The molecule has 0 radical (unpaired) electrons. The van der Waals surface area contributed by atoms with Gasteiger partial charge in [0.2, 0.25) is 21.8 Å². The van der Waals surface area contributed by atoms with Crippen LogP contribution in [0.5, 0.6) is 0 Å². The Morgan fingerprint density at radius 2 is 1.76 bits per heavy atom. The number of nitrogens with zero attached hydrogens (tertiary/aromatic N) is 6. The van der Waals surface area contributed by atoms with Crippen LogP contribution in [0, 0.1) is 29.4 Å². The van der Waals surface area contributed by atoms with Crippen molar-refractivity contribution in [3.8, 4) is 23.0 Å². The molecular formula is C41H39ClF6N8O5S. The molecule has 4 heterocycles. The second-order valence-corrected chi connectivity index (χ2v) is 17.7. The third kappa shape index (κ3) is 8.97. The first-order valence-corrected chi connectivity index (χ1v) is 21.4. The fourth-order valence-electron chi connectivity index (χ4n) is 7.90. The number of aryl methyl sites for hydroxylation is 1. The van der Waals surface area contributed by atoms with Crippen molar-refractivity contribution in [2.75, 3.05) is 30.7 Å². The number of nitrogens with one attached hydrogen (secondary N) is 2. The van der Waals surface area contributed by atoms with Crippen LogP contribution in [0.2, 0.25) is 5.02 Å². The van der Waals surface area contributed by atoms with E-state index in [0.717, 1.165) is 18.4 Å². The molecule has 5 aromatic rings. The summed E-state index contributed by atoms with van der Waals surface area (Å²) in [4.78, 5) is 32.7. The minimum atomic E-state index is -3.85. The second-order valence-electron chi connectivity index (χ2n) is 15.6. The average molecular weight is 905 g/mol. The first kappa shape index (κ1) is 44.4. The highest BCUT2D eigenvalue weighted by Gasteiger charge is 2.51. The fourth-order valence-corrected chi connectivity index (χ4v) is 8.63. The number of carbonyl (C=O) groups is 2. The van der Waals surface area contributed by atoms with E-state index in [-0.39, 0.29) is 76.2 Å². The van der Waals surface area contributed by atoms with E-state index in [2.05, 4.69) is 32.1 Å². The number of hydrogen-bond donors (Lipinski definition) is 2. The number of carbonyl (C=O) groups excluding carboxylic acids is 2. The van der Waals surface area contributed by atoms with E-state index < -0.39 is 75.4 Å². The van der Waals surface area contributed by atoms with E-state index in [1.165, 1.54) is 37.7 Å². The molecule has 1 aliphatic heterocycles. The number of anilines is 1. The fraction of sp³-hybridized carbons (Fsp3) is 0.390. The summed E-state index contributed by atoms with van der Waals surface area (Å²) < 4.78 is 123. The second kappa shape index (κ2) is 16.6. The van der Waals surface area contributed by atoms with Crippen LogP contribution in [0.15, 0.2) is 42.5 Å². The van der Waals surface area contributed by atoms with E-state index >= 15 is 8.78 Å². The Morgan fingerprint density at radius 3 is 2.42 bits per heavy atom. The standard InChI is InChI=1S/C41H39ClF6N8O5S/c1-21-14-29-35(38(45)46)51-56(37(29)41(21,47)48)19-32(58)50-31(17-23-15-24(43)18-25(44)16-23)34-27(7-6-26(49-34)10-11-40(3)20-55(22(2)57)12-13-61-40)28-8-9-30(42)33-36(28)54(4)52-39(33)53-62(5,59)60/h6-9,15-16,18,21,31,38H,12-14,17,19-20H2,1-5H3,(H,50,58)(H,52,53)/t21-,31+,40-/m1/s1. The van der Waals surface area contributed by atoms with Crippen LogP contribution in [0.1, 0.15) is 67.1 Å². The molecule has 0 saturated carbocycles. The average Bonchev–Trinajstić information content (AvgIpc) is 3.77. The topological polar surface area (TPSA) is 153 Å². The number of hydrogen-bond acceptors (Lipinski definition) is 8. The number of ether oxygens (including phenoxy) is 1. The van der Waals surface area contributed by atoms with Crippen molar-refractivity contribution in [3.63, 3.8) is 0 Å². The number of pyridine rings is 1. The van der Waals surface area contributed by atoms with Crippen LogP contribution in [-0.4, -0.2) is 81.2 Å².